The molecule has 0 radical (unpaired) electrons. The highest BCUT2D eigenvalue weighted by Gasteiger charge is 2.12. The summed E-state index contributed by atoms with van der Waals surface area (Å²) in [6.07, 6.45) is 10.0. The van der Waals surface area contributed by atoms with Crippen LogP contribution in [0.1, 0.15) is 76.3 Å². The maximum atomic E-state index is 10.8. The van der Waals surface area contributed by atoms with Crippen molar-refractivity contribution in [2.45, 2.75) is 71.6 Å². The average Bonchev–Trinajstić information content (AvgIpc) is 2.49. The second-order valence-electron chi connectivity index (χ2n) is 6.52. The van der Waals surface area contributed by atoms with Crippen LogP contribution in [0.15, 0.2) is 24.3 Å². The van der Waals surface area contributed by atoms with E-state index in [1.807, 2.05) is 24.3 Å². The highest BCUT2D eigenvalue weighted by Crippen LogP contribution is 2.17. The molecule has 118 valence electrons. The minimum absolute atomic E-state index is 0.418. The lowest BCUT2D eigenvalue weighted by Gasteiger charge is -2.09. The van der Waals surface area contributed by atoms with Crippen molar-refractivity contribution >= 4 is 5.97 Å². The number of benzene rings is 1. The normalized spacial score (nSPS) is 16.0. The molecule has 0 amide bonds. The van der Waals surface area contributed by atoms with Crippen LogP contribution in [0.5, 0.6) is 0 Å². The molecule has 2 nitrogen and oxygen atoms in total. The fourth-order valence-electron chi connectivity index (χ4n) is 2.62. The summed E-state index contributed by atoms with van der Waals surface area (Å²) in [5.41, 5.74) is 2.14. The molecule has 0 spiro atoms. The van der Waals surface area contributed by atoms with Crippen LogP contribution in [0.25, 0.3) is 0 Å². The van der Waals surface area contributed by atoms with Crippen LogP contribution in [0.4, 0.5) is 0 Å². The van der Waals surface area contributed by atoms with Crippen molar-refractivity contribution < 1.29 is 9.90 Å². The summed E-state index contributed by atoms with van der Waals surface area (Å²) < 4.78 is 0. The zero-order valence-corrected chi connectivity index (χ0v) is 13.8. The number of hydrogen-bond donors (Lipinski definition) is 1. The smallest absolute Gasteiger partial charge is 0.310 e. The standard InChI is InChI=1S/C13H18O2.C6H12/c1-9(2)8-11-4-6-12(7-5-11)10(3)13(14)15;1-2-4-6-5-3-1/h4-7,9-10H,8H2,1-3H3,(H,14,15);1-6H2. The van der Waals surface area contributed by atoms with Gasteiger partial charge in [0.1, 0.15) is 0 Å². The molecule has 1 saturated carbocycles. The molecule has 0 aromatic heterocycles. The first-order valence-electron chi connectivity index (χ1n) is 8.32. The number of carboxylic acids is 1. The van der Waals surface area contributed by atoms with E-state index in [4.69, 9.17) is 5.11 Å². The van der Waals surface area contributed by atoms with Gasteiger partial charge in [0.15, 0.2) is 0 Å². The van der Waals surface area contributed by atoms with Gasteiger partial charge in [-0.3, -0.25) is 4.79 Å². The molecule has 0 bridgehead atoms. The van der Waals surface area contributed by atoms with Gasteiger partial charge in [0, 0.05) is 0 Å². The van der Waals surface area contributed by atoms with Crippen LogP contribution >= 0.6 is 0 Å². The Kier molecular flexibility index (Phi) is 8.11. The monoisotopic (exact) mass is 290 g/mol. The number of carbonyl (C=O) groups is 1. The summed E-state index contributed by atoms with van der Waals surface area (Å²) in [5.74, 6) is -0.558. The first kappa shape index (κ1) is 17.7. The van der Waals surface area contributed by atoms with Gasteiger partial charge in [0.2, 0.25) is 0 Å². The van der Waals surface area contributed by atoms with E-state index >= 15 is 0 Å². The van der Waals surface area contributed by atoms with Crippen LogP contribution < -0.4 is 0 Å². The largest absolute Gasteiger partial charge is 0.481 e. The molecule has 0 aliphatic heterocycles. The van der Waals surface area contributed by atoms with Crippen molar-refractivity contribution in [2.24, 2.45) is 5.92 Å². The molecule has 1 atom stereocenters. The Labute approximate surface area is 129 Å². The quantitative estimate of drug-likeness (QED) is 0.804. The summed E-state index contributed by atoms with van der Waals surface area (Å²) >= 11 is 0. The molecule has 2 heteroatoms. The summed E-state index contributed by atoms with van der Waals surface area (Å²) in [6.45, 7) is 6.06. The predicted octanol–water partition coefficient (Wildman–Crippen LogP) is 5.41. The van der Waals surface area contributed by atoms with Crippen molar-refractivity contribution in [3.63, 3.8) is 0 Å². The van der Waals surface area contributed by atoms with Crippen molar-refractivity contribution in [3.05, 3.63) is 35.4 Å². The maximum Gasteiger partial charge on any atom is 0.310 e. The van der Waals surface area contributed by atoms with E-state index in [0.29, 0.717) is 5.92 Å². The Morgan fingerprint density at radius 1 is 0.952 bits per heavy atom. The molecular weight excluding hydrogens is 260 g/mol. The van der Waals surface area contributed by atoms with Crippen molar-refractivity contribution in [2.75, 3.05) is 0 Å². The third-order valence-electron chi connectivity index (χ3n) is 3.99. The van der Waals surface area contributed by atoms with Crippen molar-refractivity contribution in [1.29, 1.82) is 0 Å². The molecule has 1 unspecified atom stereocenters. The van der Waals surface area contributed by atoms with Crippen LogP contribution in [0.3, 0.4) is 0 Å². The fraction of sp³-hybridized carbons (Fsp3) is 0.632. The average molecular weight is 290 g/mol. The molecule has 21 heavy (non-hydrogen) atoms. The van der Waals surface area contributed by atoms with Gasteiger partial charge in [-0.25, -0.2) is 0 Å². The van der Waals surface area contributed by atoms with Crippen molar-refractivity contribution in [1.82, 2.24) is 0 Å². The summed E-state index contributed by atoms with van der Waals surface area (Å²) in [6, 6.07) is 7.87. The van der Waals surface area contributed by atoms with E-state index in [9.17, 15) is 4.79 Å². The molecule has 1 aromatic carbocycles. The van der Waals surface area contributed by atoms with Gasteiger partial charge in [-0.15, -0.1) is 0 Å². The number of aliphatic carboxylic acids is 1. The molecule has 0 saturated heterocycles. The van der Waals surface area contributed by atoms with Gasteiger partial charge < -0.3 is 5.11 Å². The topological polar surface area (TPSA) is 37.3 Å². The lowest BCUT2D eigenvalue weighted by molar-refractivity contribution is -0.138. The Balaban J connectivity index is 0.000000304. The van der Waals surface area contributed by atoms with E-state index in [1.54, 1.807) is 6.92 Å². The summed E-state index contributed by atoms with van der Waals surface area (Å²) in [5, 5.41) is 8.85. The van der Waals surface area contributed by atoms with Crippen LogP contribution in [-0.4, -0.2) is 11.1 Å². The van der Waals surface area contributed by atoms with Gasteiger partial charge in [-0.2, -0.15) is 0 Å². The molecule has 2 rings (SSSR count). The SMILES string of the molecule is C1CCCCC1.CC(C)Cc1ccc(C(C)C(=O)O)cc1. The molecule has 1 aliphatic rings. The van der Waals surface area contributed by atoms with Gasteiger partial charge in [0.25, 0.3) is 0 Å². The summed E-state index contributed by atoms with van der Waals surface area (Å²) in [4.78, 5) is 10.8. The molecule has 1 aromatic rings. The van der Waals surface area contributed by atoms with Gasteiger partial charge in [-0.05, 0) is 30.4 Å². The fourth-order valence-corrected chi connectivity index (χ4v) is 2.62. The third kappa shape index (κ3) is 7.31. The molecule has 0 heterocycles. The van der Waals surface area contributed by atoms with Crippen LogP contribution in [0, 0.1) is 5.92 Å². The zero-order chi connectivity index (χ0) is 15.7. The first-order chi connectivity index (χ1) is 10.0. The predicted molar refractivity (Wildman–Crippen MR) is 88.7 cm³/mol. The molecule has 1 fully saturated rings. The van der Waals surface area contributed by atoms with E-state index in [1.165, 1.54) is 44.1 Å². The molecule has 1 N–H and O–H groups in total. The lowest BCUT2D eigenvalue weighted by Crippen LogP contribution is -2.07. The second kappa shape index (κ2) is 9.59. The minimum Gasteiger partial charge on any atom is -0.481 e. The van der Waals surface area contributed by atoms with E-state index in [-0.39, 0.29) is 0 Å². The number of carboxylic acid groups (broad SMARTS) is 1. The number of rotatable bonds is 4. The number of hydrogen-bond acceptors (Lipinski definition) is 1. The Hall–Kier alpha value is -1.31. The highest BCUT2D eigenvalue weighted by molar-refractivity contribution is 5.75. The van der Waals surface area contributed by atoms with Crippen LogP contribution in [0.2, 0.25) is 0 Å². The zero-order valence-electron chi connectivity index (χ0n) is 13.8. The van der Waals surface area contributed by atoms with Gasteiger partial charge >= 0.3 is 5.97 Å². The highest BCUT2D eigenvalue weighted by atomic mass is 16.4. The van der Waals surface area contributed by atoms with Crippen molar-refractivity contribution in [3.8, 4) is 0 Å². The Morgan fingerprint density at radius 2 is 1.38 bits per heavy atom. The second-order valence-corrected chi connectivity index (χ2v) is 6.52. The van der Waals surface area contributed by atoms with Gasteiger partial charge in [0.05, 0.1) is 5.92 Å². The van der Waals surface area contributed by atoms with Gasteiger partial charge in [-0.1, -0.05) is 76.6 Å². The Bertz CT molecular complexity index is 391. The summed E-state index contributed by atoms with van der Waals surface area (Å²) in [7, 11) is 0. The minimum atomic E-state index is -0.772. The molecular formula is C19H30O2. The molecule has 1 aliphatic carbocycles. The van der Waals surface area contributed by atoms with E-state index in [0.717, 1.165) is 12.0 Å². The van der Waals surface area contributed by atoms with E-state index in [2.05, 4.69) is 13.8 Å². The lowest BCUT2D eigenvalue weighted by atomic mass is 9.97. The van der Waals surface area contributed by atoms with E-state index < -0.39 is 11.9 Å². The van der Waals surface area contributed by atoms with Crippen LogP contribution in [-0.2, 0) is 11.2 Å². The maximum absolute atomic E-state index is 10.8. The third-order valence-corrected chi connectivity index (χ3v) is 3.99. The first-order valence-corrected chi connectivity index (χ1v) is 8.32. The Morgan fingerprint density at radius 3 is 1.71 bits per heavy atom.